The summed E-state index contributed by atoms with van der Waals surface area (Å²) in [5, 5.41) is 8.82. The fourth-order valence-corrected chi connectivity index (χ4v) is 4.19. The van der Waals surface area contributed by atoms with Crippen molar-refractivity contribution in [1.82, 2.24) is 4.90 Å². The third-order valence-electron chi connectivity index (χ3n) is 6.17. The monoisotopic (exact) mass is 406 g/mol. The summed E-state index contributed by atoms with van der Waals surface area (Å²) in [5.74, 6) is 0. The minimum Gasteiger partial charge on any atom is -0.303 e. The van der Waals surface area contributed by atoms with Crippen LogP contribution in [0.3, 0.4) is 0 Å². The zero-order valence-corrected chi connectivity index (χ0v) is 20.4. The minimum atomic E-state index is 0.714. The van der Waals surface area contributed by atoms with Gasteiger partial charge in [0.25, 0.3) is 0 Å². The van der Waals surface area contributed by atoms with E-state index in [4.69, 9.17) is 5.26 Å². The lowest BCUT2D eigenvalue weighted by molar-refractivity contribution is 0.258. The molecule has 0 aliphatic rings. The molecule has 0 spiro atoms. The molecule has 172 valence electrons. The van der Waals surface area contributed by atoms with Crippen LogP contribution in [0.2, 0.25) is 0 Å². The van der Waals surface area contributed by atoms with Gasteiger partial charge in [-0.2, -0.15) is 5.26 Å². The van der Waals surface area contributed by atoms with E-state index in [0.29, 0.717) is 6.42 Å². The SMILES string of the molecule is CCCCCCCCCCCCCN(CCCC#N)CCCCCCCCCC. The molecule has 2 heteroatoms. The highest BCUT2D eigenvalue weighted by Crippen LogP contribution is 2.13. The van der Waals surface area contributed by atoms with Crippen LogP contribution in [0.4, 0.5) is 0 Å². The first kappa shape index (κ1) is 28.5. The Labute approximate surface area is 184 Å². The number of hydrogen-bond acceptors (Lipinski definition) is 2. The molecule has 0 aromatic carbocycles. The molecule has 0 radical (unpaired) electrons. The lowest BCUT2D eigenvalue weighted by Crippen LogP contribution is -2.27. The van der Waals surface area contributed by atoms with E-state index < -0.39 is 0 Å². The summed E-state index contributed by atoms with van der Waals surface area (Å²) in [6.07, 6.45) is 28.5. The van der Waals surface area contributed by atoms with E-state index in [-0.39, 0.29) is 0 Å². The number of hydrogen-bond donors (Lipinski definition) is 0. The second-order valence-electron chi connectivity index (χ2n) is 9.11. The third-order valence-corrected chi connectivity index (χ3v) is 6.17. The fourth-order valence-electron chi connectivity index (χ4n) is 4.19. The predicted octanol–water partition coefficient (Wildman–Crippen LogP) is 9.04. The van der Waals surface area contributed by atoms with Crippen LogP contribution in [0.5, 0.6) is 0 Å². The van der Waals surface area contributed by atoms with Crippen LogP contribution in [-0.4, -0.2) is 24.5 Å². The second kappa shape index (κ2) is 25.5. The van der Waals surface area contributed by atoms with Gasteiger partial charge in [0.1, 0.15) is 0 Å². The molecule has 0 fully saturated rings. The molecule has 0 aromatic rings. The molecular weight excluding hydrogens is 352 g/mol. The standard InChI is InChI=1S/C27H54N2/c1-3-5-7-9-11-13-14-15-17-19-22-26-29(27-23-20-24-28)25-21-18-16-12-10-8-6-4-2/h3-23,25-27H2,1-2H3. The molecule has 29 heavy (non-hydrogen) atoms. The van der Waals surface area contributed by atoms with Crippen LogP contribution >= 0.6 is 0 Å². The lowest BCUT2D eigenvalue weighted by atomic mass is 10.1. The highest BCUT2D eigenvalue weighted by molar-refractivity contribution is 4.70. The van der Waals surface area contributed by atoms with Crippen molar-refractivity contribution in [3.8, 4) is 6.07 Å². The normalized spacial score (nSPS) is 11.2. The Hall–Kier alpha value is -0.550. The zero-order valence-electron chi connectivity index (χ0n) is 20.4. The first-order valence-corrected chi connectivity index (χ1v) is 13.4. The van der Waals surface area contributed by atoms with E-state index in [0.717, 1.165) is 13.0 Å². The van der Waals surface area contributed by atoms with Crippen molar-refractivity contribution in [3.63, 3.8) is 0 Å². The van der Waals surface area contributed by atoms with E-state index in [1.54, 1.807) is 0 Å². The summed E-state index contributed by atoms with van der Waals surface area (Å²) in [6.45, 7) is 8.20. The van der Waals surface area contributed by atoms with Gasteiger partial charge in [-0.1, -0.05) is 123 Å². The Balaban J connectivity index is 3.61. The van der Waals surface area contributed by atoms with Gasteiger partial charge in [-0.25, -0.2) is 0 Å². The van der Waals surface area contributed by atoms with Crippen LogP contribution in [0.15, 0.2) is 0 Å². The van der Waals surface area contributed by atoms with Gasteiger partial charge in [0.2, 0.25) is 0 Å². The molecule has 0 rings (SSSR count). The van der Waals surface area contributed by atoms with Crippen molar-refractivity contribution in [2.45, 2.75) is 149 Å². The van der Waals surface area contributed by atoms with Crippen molar-refractivity contribution >= 4 is 0 Å². The van der Waals surface area contributed by atoms with Gasteiger partial charge in [-0.3, -0.25) is 0 Å². The molecule has 0 amide bonds. The van der Waals surface area contributed by atoms with Gasteiger partial charge in [-0.15, -0.1) is 0 Å². The molecular formula is C27H54N2. The summed E-state index contributed by atoms with van der Waals surface area (Å²) < 4.78 is 0. The maximum absolute atomic E-state index is 8.82. The van der Waals surface area contributed by atoms with Crippen LogP contribution in [-0.2, 0) is 0 Å². The Morgan fingerprint density at radius 3 is 1.10 bits per heavy atom. The molecule has 0 aromatic heterocycles. The van der Waals surface area contributed by atoms with E-state index in [1.165, 1.54) is 135 Å². The Morgan fingerprint density at radius 2 is 0.759 bits per heavy atom. The summed E-state index contributed by atoms with van der Waals surface area (Å²) in [5.41, 5.74) is 0. The molecule has 0 unspecified atom stereocenters. The maximum Gasteiger partial charge on any atom is 0.0622 e. The van der Waals surface area contributed by atoms with E-state index in [9.17, 15) is 0 Å². The topological polar surface area (TPSA) is 27.0 Å². The van der Waals surface area contributed by atoms with Crippen molar-refractivity contribution in [1.29, 1.82) is 5.26 Å². The summed E-state index contributed by atoms with van der Waals surface area (Å²) >= 11 is 0. The maximum atomic E-state index is 8.82. The second-order valence-corrected chi connectivity index (χ2v) is 9.11. The number of nitrogens with zero attached hydrogens (tertiary/aromatic N) is 2. The Morgan fingerprint density at radius 1 is 0.448 bits per heavy atom. The Kier molecular flexibility index (Phi) is 25.0. The molecule has 0 aliphatic heterocycles. The van der Waals surface area contributed by atoms with E-state index in [1.807, 2.05) is 0 Å². The smallest absolute Gasteiger partial charge is 0.0622 e. The first-order valence-electron chi connectivity index (χ1n) is 13.4. The molecule has 0 aliphatic carbocycles. The fraction of sp³-hybridized carbons (Fsp3) is 0.963. The van der Waals surface area contributed by atoms with Crippen LogP contribution < -0.4 is 0 Å². The molecule has 0 bridgehead atoms. The minimum absolute atomic E-state index is 0.714. The average Bonchev–Trinajstić information content (AvgIpc) is 2.73. The molecule has 0 heterocycles. The molecule has 2 nitrogen and oxygen atoms in total. The molecule has 0 saturated carbocycles. The largest absolute Gasteiger partial charge is 0.303 e. The van der Waals surface area contributed by atoms with Gasteiger partial charge in [0, 0.05) is 6.42 Å². The van der Waals surface area contributed by atoms with Crippen LogP contribution in [0.1, 0.15) is 149 Å². The van der Waals surface area contributed by atoms with Gasteiger partial charge in [-0.05, 0) is 38.9 Å². The average molecular weight is 407 g/mol. The Bertz CT molecular complexity index is 334. The third kappa shape index (κ3) is 23.6. The first-order chi connectivity index (χ1) is 14.3. The highest BCUT2D eigenvalue weighted by Gasteiger charge is 2.04. The van der Waals surface area contributed by atoms with Gasteiger partial charge in [0.15, 0.2) is 0 Å². The number of nitriles is 1. The highest BCUT2D eigenvalue weighted by atomic mass is 15.1. The summed E-state index contributed by atoms with van der Waals surface area (Å²) in [4.78, 5) is 2.64. The van der Waals surface area contributed by atoms with Crippen molar-refractivity contribution < 1.29 is 0 Å². The molecule has 0 N–H and O–H groups in total. The van der Waals surface area contributed by atoms with E-state index in [2.05, 4.69) is 24.8 Å². The van der Waals surface area contributed by atoms with Crippen molar-refractivity contribution in [3.05, 3.63) is 0 Å². The van der Waals surface area contributed by atoms with Gasteiger partial charge < -0.3 is 4.90 Å². The van der Waals surface area contributed by atoms with E-state index >= 15 is 0 Å². The summed E-state index contributed by atoms with van der Waals surface area (Å²) in [7, 11) is 0. The zero-order chi connectivity index (χ0) is 21.3. The van der Waals surface area contributed by atoms with Gasteiger partial charge >= 0.3 is 0 Å². The molecule has 0 atom stereocenters. The van der Waals surface area contributed by atoms with Crippen LogP contribution in [0, 0.1) is 11.3 Å². The molecule has 0 saturated heterocycles. The quantitative estimate of drug-likeness (QED) is 0.149. The number of rotatable bonds is 24. The predicted molar refractivity (Wildman–Crippen MR) is 130 cm³/mol. The lowest BCUT2D eigenvalue weighted by Gasteiger charge is -2.22. The van der Waals surface area contributed by atoms with Crippen molar-refractivity contribution in [2.24, 2.45) is 0 Å². The number of unbranched alkanes of at least 4 members (excludes halogenated alkanes) is 18. The van der Waals surface area contributed by atoms with Crippen LogP contribution in [0.25, 0.3) is 0 Å². The van der Waals surface area contributed by atoms with Crippen molar-refractivity contribution in [2.75, 3.05) is 19.6 Å². The summed E-state index contributed by atoms with van der Waals surface area (Å²) in [6, 6.07) is 2.31. The van der Waals surface area contributed by atoms with Gasteiger partial charge in [0.05, 0.1) is 6.07 Å².